The van der Waals surface area contributed by atoms with Crippen LogP contribution in [-0.2, 0) is 11.3 Å². The molecule has 0 bridgehead atoms. The third-order valence-corrected chi connectivity index (χ3v) is 5.59. The molecule has 5 heteroatoms. The zero-order valence-electron chi connectivity index (χ0n) is 16.1. The van der Waals surface area contributed by atoms with Crippen molar-refractivity contribution in [1.82, 2.24) is 4.90 Å². The number of carboxylic acid groups (broad SMARTS) is 1. The van der Waals surface area contributed by atoms with Crippen molar-refractivity contribution >= 4 is 23.3 Å². The number of rotatable bonds is 7. The molecule has 1 atom stereocenters. The number of carboxylic acids is 1. The highest BCUT2D eigenvalue weighted by atomic mass is 35.5. The number of halogens is 1. The molecule has 1 aliphatic rings. The first-order valence-electron chi connectivity index (χ1n) is 9.40. The van der Waals surface area contributed by atoms with Crippen molar-refractivity contribution in [3.63, 3.8) is 0 Å². The third-order valence-electron chi connectivity index (χ3n) is 5.17. The Balaban J connectivity index is 1.70. The van der Waals surface area contributed by atoms with Crippen LogP contribution < -0.4 is 5.32 Å². The molecule has 0 spiro atoms. The average Bonchev–Trinajstić information content (AvgIpc) is 2.58. The van der Waals surface area contributed by atoms with Gasteiger partial charge in [0.05, 0.1) is 12.0 Å². The van der Waals surface area contributed by atoms with Crippen molar-refractivity contribution in [3.8, 4) is 0 Å². The maximum Gasteiger partial charge on any atom is 0.309 e. The van der Waals surface area contributed by atoms with Gasteiger partial charge in [-0.05, 0) is 47.7 Å². The molecule has 3 rings (SSSR count). The topological polar surface area (TPSA) is 52.6 Å². The van der Waals surface area contributed by atoms with Crippen LogP contribution in [0.5, 0.6) is 0 Å². The lowest BCUT2D eigenvalue weighted by molar-refractivity contribution is -0.147. The Morgan fingerprint density at radius 1 is 1.26 bits per heavy atom. The second-order valence-corrected chi connectivity index (χ2v) is 8.21. The number of benzene rings is 2. The van der Waals surface area contributed by atoms with Crippen LogP contribution in [-0.4, -0.2) is 29.1 Å². The van der Waals surface area contributed by atoms with E-state index in [9.17, 15) is 4.79 Å². The summed E-state index contributed by atoms with van der Waals surface area (Å²) in [5.74, 6) is -0.495. The second-order valence-electron chi connectivity index (χ2n) is 7.80. The molecule has 0 amide bonds. The highest BCUT2D eigenvalue weighted by Gasteiger charge is 2.32. The van der Waals surface area contributed by atoms with Gasteiger partial charge in [0.1, 0.15) is 0 Å². The van der Waals surface area contributed by atoms with E-state index in [-0.39, 0.29) is 12.0 Å². The van der Waals surface area contributed by atoms with Gasteiger partial charge in [-0.1, -0.05) is 49.7 Å². The lowest BCUT2D eigenvalue weighted by Crippen LogP contribution is -2.49. The van der Waals surface area contributed by atoms with E-state index in [1.807, 2.05) is 13.0 Å². The molecule has 1 fully saturated rings. The molecular formula is C22H27ClN2O2. The van der Waals surface area contributed by atoms with Crippen LogP contribution >= 0.6 is 11.6 Å². The SMILES string of the molecule is Cc1cc(C(Nc2cccc(CN3CC(C(=O)O)C3)c2)C(C)C)ccc1Cl. The first-order valence-corrected chi connectivity index (χ1v) is 9.78. The highest BCUT2D eigenvalue weighted by Crippen LogP contribution is 2.30. The van der Waals surface area contributed by atoms with Gasteiger partial charge in [0.2, 0.25) is 0 Å². The maximum atomic E-state index is 11.0. The van der Waals surface area contributed by atoms with Crippen LogP contribution in [0.25, 0.3) is 0 Å². The van der Waals surface area contributed by atoms with Crippen LogP contribution in [0.1, 0.15) is 36.6 Å². The summed E-state index contributed by atoms with van der Waals surface area (Å²) in [4.78, 5) is 13.1. The smallest absolute Gasteiger partial charge is 0.309 e. The van der Waals surface area contributed by atoms with Gasteiger partial charge >= 0.3 is 5.97 Å². The molecule has 2 N–H and O–H groups in total. The van der Waals surface area contributed by atoms with Crippen molar-refractivity contribution in [2.24, 2.45) is 11.8 Å². The van der Waals surface area contributed by atoms with Gasteiger partial charge in [0.25, 0.3) is 0 Å². The van der Waals surface area contributed by atoms with Crippen LogP contribution in [0.2, 0.25) is 5.02 Å². The van der Waals surface area contributed by atoms with Crippen LogP contribution in [0.4, 0.5) is 5.69 Å². The second kappa shape index (κ2) is 8.32. The van der Waals surface area contributed by atoms with Crippen molar-refractivity contribution < 1.29 is 9.90 Å². The molecule has 0 aromatic heterocycles. The van der Waals surface area contributed by atoms with Crippen LogP contribution in [0.3, 0.4) is 0 Å². The Hall–Kier alpha value is -2.04. The highest BCUT2D eigenvalue weighted by molar-refractivity contribution is 6.31. The number of aryl methyl sites for hydroxylation is 1. The van der Waals surface area contributed by atoms with Crippen molar-refractivity contribution in [3.05, 3.63) is 64.2 Å². The standard InChI is InChI=1S/C22H27ClN2O2/c1-14(2)21(17-7-8-20(23)15(3)9-17)24-19-6-4-5-16(10-19)11-25-12-18(13-25)22(26)27/h4-10,14,18,21,24H,11-13H2,1-3H3,(H,26,27). The summed E-state index contributed by atoms with van der Waals surface area (Å²) >= 11 is 6.18. The molecular weight excluding hydrogens is 360 g/mol. The molecule has 27 heavy (non-hydrogen) atoms. The number of anilines is 1. The minimum absolute atomic E-state index is 0.191. The summed E-state index contributed by atoms with van der Waals surface area (Å²) < 4.78 is 0. The summed E-state index contributed by atoms with van der Waals surface area (Å²) in [5.41, 5.74) is 4.58. The number of aliphatic carboxylic acids is 1. The minimum Gasteiger partial charge on any atom is -0.481 e. The van der Waals surface area contributed by atoms with Crippen LogP contribution in [0, 0.1) is 18.8 Å². The molecule has 2 aromatic rings. The summed E-state index contributed by atoms with van der Waals surface area (Å²) in [6.07, 6.45) is 0. The van der Waals surface area contributed by atoms with Crippen molar-refractivity contribution in [2.75, 3.05) is 18.4 Å². The van der Waals surface area contributed by atoms with E-state index in [2.05, 4.69) is 60.5 Å². The summed E-state index contributed by atoms with van der Waals surface area (Å²) in [7, 11) is 0. The zero-order chi connectivity index (χ0) is 19.6. The fourth-order valence-corrected chi connectivity index (χ4v) is 3.67. The van der Waals surface area contributed by atoms with Gasteiger partial charge < -0.3 is 10.4 Å². The lowest BCUT2D eigenvalue weighted by atomic mass is 9.94. The van der Waals surface area contributed by atoms with E-state index < -0.39 is 5.97 Å². The average molecular weight is 387 g/mol. The van der Waals surface area contributed by atoms with E-state index in [1.54, 1.807) is 0 Å². The number of carbonyl (C=O) groups is 1. The number of hydrogen-bond acceptors (Lipinski definition) is 3. The van der Waals surface area contributed by atoms with E-state index in [4.69, 9.17) is 16.7 Å². The Morgan fingerprint density at radius 2 is 2.00 bits per heavy atom. The summed E-state index contributed by atoms with van der Waals surface area (Å²) in [6.45, 7) is 8.49. The van der Waals surface area contributed by atoms with Gasteiger partial charge in [-0.2, -0.15) is 0 Å². The van der Waals surface area contributed by atoms with Gasteiger partial charge in [0.15, 0.2) is 0 Å². The Morgan fingerprint density at radius 3 is 2.63 bits per heavy atom. The zero-order valence-corrected chi connectivity index (χ0v) is 16.8. The fourth-order valence-electron chi connectivity index (χ4n) is 3.55. The molecule has 0 aliphatic carbocycles. The van der Waals surface area contributed by atoms with Crippen molar-refractivity contribution in [1.29, 1.82) is 0 Å². The van der Waals surface area contributed by atoms with Gasteiger partial charge in [-0.15, -0.1) is 0 Å². The maximum absolute atomic E-state index is 11.0. The van der Waals surface area contributed by atoms with E-state index in [0.717, 1.165) is 22.8 Å². The molecule has 2 aromatic carbocycles. The van der Waals surface area contributed by atoms with E-state index in [1.165, 1.54) is 11.1 Å². The molecule has 1 heterocycles. The summed E-state index contributed by atoms with van der Waals surface area (Å²) in [6, 6.07) is 14.8. The van der Waals surface area contributed by atoms with Crippen molar-refractivity contribution in [2.45, 2.75) is 33.4 Å². The molecule has 1 unspecified atom stereocenters. The Labute approximate surface area is 166 Å². The van der Waals surface area contributed by atoms with E-state index >= 15 is 0 Å². The number of nitrogens with one attached hydrogen (secondary N) is 1. The molecule has 0 radical (unpaired) electrons. The predicted molar refractivity (Wildman–Crippen MR) is 110 cm³/mol. The van der Waals surface area contributed by atoms with E-state index in [0.29, 0.717) is 19.0 Å². The molecule has 144 valence electrons. The van der Waals surface area contributed by atoms with Crippen LogP contribution in [0.15, 0.2) is 42.5 Å². The normalized spacial score (nSPS) is 16.2. The van der Waals surface area contributed by atoms with Gasteiger partial charge in [0, 0.05) is 30.3 Å². The quantitative estimate of drug-likeness (QED) is 0.705. The largest absolute Gasteiger partial charge is 0.481 e. The first-order chi connectivity index (χ1) is 12.8. The number of hydrogen-bond donors (Lipinski definition) is 2. The fraction of sp³-hybridized carbons (Fsp3) is 0.409. The molecule has 1 aliphatic heterocycles. The van der Waals surface area contributed by atoms with Gasteiger partial charge in [-0.25, -0.2) is 0 Å². The third kappa shape index (κ3) is 4.82. The minimum atomic E-state index is -0.695. The first kappa shape index (κ1) is 19.7. The monoisotopic (exact) mass is 386 g/mol. The molecule has 4 nitrogen and oxygen atoms in total. The molecule has 1 saturated heterocycles. The number of likely N-dealkylation sites (tertiary alicyclic amines) is 1. The van der Waals surface area contributed by atoms with Gasteiger partial charge in [-0.3, -0.25) is 9.69 Å². The molecule has 0 saturated carbocycles. The lowest BCUT2D eigenvalue weighted by Gasteiger charge is -2.36. The summed E-state index contributed by atoms with van der Waals surface area (Å²) in [5, 5.41) is 13.5. The number of nitrogens with zero attached hydrogens (tertiary/aromatic N) is 1. The Kier molecular flexibility index (Phi) is 6.08. The Bertz CT molecular complexity index is 816. The predicted octanol–water partition coefficient (Wildman–Crippen LogP) is 4.97.